The molecule has 0 fully saturated rings. The van der Waals surface area contributed by atoms with E-state index in [1.54, 1.807) is 0 Å². The monoisotopic (exact) mass is 208 g/mol. The summed E-state index contributed by atoms with van der Waals surface area (Å²) in [5.74, 6) is 0. The standard InChI is InChI=1S/C7H13BrO2/c1-6(5-8)3-2-4-7(9)10/h3,7,9-10H,2,4-5H2,1H3/b6-3+. The van der Waals surface area contributed by atoms with Crippen LogP contribution in [0.4, 0.5) is 0 Å². The minimum Gasteiger partial charge on any atom is -0.368 e. The Kier molecular flexibility index (Phi) is 5.97. The number of aliphatic hydroxyl groups excluding tert-OH is 1. The van der Waals surface area contributed by atoms with Gasteiger partial charge in [0.25, 0.3) is 0 Å². The fourth-order valence-corrected chi connectivity index (χ4v) is 0.762. The molecule has 0 spiro atoms. The number of halogens is 1. The van der Waals surface area contributed by atoms with Crippen LogP contribution in [-0.4, -0.2) is 21.8 Å². The first-order valence-corrected chi connectivity index (χ1v) is 4.36. The summed E-state index contributed by atoms with van der Waals surface area (Å²) in [7, 11) is 0. The smallest absolute Gasteiger partial charge is 0.151 e. The molecular weight excluding hydrogens is 196 g/mol. The number of hydrogen-bond acceptors (Lipinski definition) is 2. The molecule has 0 saturated heterocycles. The maximum absolute atomic E-state index is 8.45. The van der Waals surface area contributed by atoms with Gasteiger partial charge in [-0.25, -0.2) is 0 Å². The molecule has 2 nitrogen and oxygen atoms in total. The van der Waals surface area contributed by atoms with Gasteiger partial charge in [-0.05, 0) is 13.3 Å². The molecule has 0 saturated carbocycles. The van der Waals surface area contributed by atoms with E-state index >= 15 is 0 Å². The average Bonchev–Trinajstić information content (AvgIpc) is 1.87. The van der Waals surface area contributed by atoms with E-state index in [2.05, 4.69) is 15.9 Å². The summed E-state index contributed by atoms with van der Waals surface area (Å²) >= 11 is 3.29. The summed E-state index contributed by atoms with van der Waals surface area (Å²) in [6, 6.07) is 0. The third kappa shape index (κ3) is 6.26. The van der Waals surface area contributed by atoms with E-state index in [9.17, 15) is 0 Å². The fraction of sp³-hybridized carbons (Fsp3) is 0.714. The largest absolute Gasteiger partial charge is 0.368 e. The van der Waals surface area contributed by atoms with Crippen molar-refractivity contribution in [2.45, 2.75) is 26.1 Å². The Morgan fingerprint density at radius 2 is 2.20 bits per heavy atom. The minimum absolute atomic E-state index is 0.421. The van der Waals surface area contributed by atoms with Gasteiger partial charge < -0.3 is 10.2 Å². The highest BCUT2D eigenvalue weighted by atomic mass is 79.9. The van der Waals surface area contributed by atoms with Crippen molar-refractivity contribution in [3.63, 3.8) is 0 Å². The van der Waals surface area contributed by atoms with Crippen molar-refractivity contribution < 1.29 is 10.2 Å². The second-order valence-corrected chi connectivity index (χ2v) is 2.80. The first kappa shape index (κ1) is 10.1. The second-order valence-electron chi connectivity index (χ2n) is 2.24. The van der Waals surface area contributed by atoms with Crippen LogP contribution >= 0.6 is 15.9 Å². The normalized spacial score (nSPS) is 12.7. The highest BCUT2D eigenvalue weighted by molar-refractivity contribution is 9.09. The number of hydrogen-bond donors (Lipinski definition) is 2. The lowest BCUT2D eigenvalue weighted by Crippen LogP contribution is -2.02. The van der Waals surface area contributed by atoms with E-state index < -0.39 is 6.29 Å². The second kappa shape index (κ2) is 5.89. The number of alkyl halides is 1. The van der Waals surface area contributed by atoms with Gasteiger partial charge in [0.2, 0.25) is 0 Å². The molecule has 10 heavy (non-hydrogen) atoms. The van der Waals surface area contributed by atoms with Crippen molar-refractivity contribution in [2.24, 2.45) is 0 Å². The average molecular weight is 209 g/mol. The highest BCUT2D eigenvalue weighted by Crippen LogP contribution is 2.02. The Morgan fingerprint density at radius 1 is 1.60 bits per heavy atom. The summed E-state index contributed by atoms with van der Waals surface area (Å²) in [4.78, 5) is 0. The molecule has 0 rings (SSSR count). The van der Waals surface area contributed by atoms with Crippen LogP contribution in [0.2, 0.25) is 0 Å². The van der Waals surface area contributed by atoms with Gasteiger partial charge in [-0.15, -0.1) is 0 Å². The lowest BCUT2D eigenvalue weighted by molar-refractivity contribution is -0.0442. The maximum atomic E-state index is 8.45. The molecule has 0 radical (unpaired) electrons. The van der Waals surface area contributed by atoms with Gasteiger partial charge in [-0.3, -0.25) is 0 Å². The first-order chi connectivity index (χ1) is 4.66. The lowest BCUT2D eigenvalue weighted by atomic mass is 10.2. The Labute approximate surface area is 69.7 Å². The summed E-state index contributed by atoms with van der Waals surface area (Å²) < 4.78 is 0. The number of aliphatic hydroxyl groups is 2. The van der Waals surface area contributed by atoms with Gasteiger partial charge in [0.05, 0.1) is 0 Å². The molecule has 0 amide bonds. The van der Waals surface area contributed by atoms with Crippen molar-refractivity contribution in [1.82, 2.24) is 0 Å². The third-order valence-electron chi connectivity index (χ3n) is 1.13. The van der Waals surface area contributed by atoms with E-state index in [0.29, 0.717) is 6.42 Å². The molecule has 0 aromatic rings. The van der Waals surface area contributed by atoms with Crippen LogP contribution in [0.15, 0.2) is 11.6 Å². The van der Waals surface area contributed by atoms with Gasteiger partial charge >= 0.3 is 0 Å². The molecule has 0 atom stereocenters. The van der Waals surface area contributed by atoms with Crippen LogP contribution in [-0.2, 0) is 0 Å². The van der Waals surface area contributed by atoms with Crippen molar-refractivity contribution in [3.05, 3.63) is 11.6 Å². The molecule has 0 unspecified atom stereocenters. The molecule has 0 aliphatic heterocycles. The molecular formula is C7H13BrO2. The van der Waals surface area contributed by atoms with Crippen LogP contribution in [0.5, 0.6) is 0 Å². The van der Waals surface area contributed by atoms with Crippen molar-refractivity contribution in [2.75, 3.05) is 5.33 Å². The molecule has 0 aromatic heterocycles. The zero-order valence-corrected chi connectivity index (χ0v) is 7.63. The molecule has 0 bridgehead atoms. The minimum atomic E-state index is -1.17. The Bertz CT molecular complexity index is 110. The summed E-state index contributed by atoms with van der Waals surface area (Å²) in [5.41, 5.74) is 1.22. The molecule has 0 aliphatic rings. The summed E-state index contributed by atoms with van der Waals surface area (Å²) in [6.07, 6.45) is 1.98. The summed E-state index contributed by atoms with van der Waals surface area (Å²) in [6.45, 7) is 2.00. The molecule has 0 aliphatic carbocycles. The third-order valence-corrected chi connectivity index (χ3v) is 2.01. The molecule has 2 N–H and O–H groups in total. The van der Waals surface area contributed by atoms with E-state index in [1.807, 2.05) is 13.0 Å². The van der Waals surface area contributed by atoms with Gasteiger partial charge in [0, 0.05) is 11.8 Å². The number of rotatable bonds is 4. The zero-order valence-electron chi connectivity index (χ0n) is 6.05. The topological polar surface area (TPSA) is 40.5 Å². The SMILES string of the molecule is C/C(=C\CCC(O)O)CBr. The Balaban J connectivity index is 3.34. The fourth-order valence-electron chi connectivity index (χ4n) is 0.533. The molecule has 0 heterocycles. The van der Waals surface area contributed by atoms with Gasteiger partial charge in [0.1, 0.15) is 0 Å². The lowest BCUT2D eigenvalue weighted by Gasteiger charge is -1.99. The van der Waals surface area contributed by atoms with Crippen molar-refractivity contribution >= 4 is 15.9 Å². The van der Waals surface area contributed by atoms with Crippen LogP contribution in [0.25, 0.3) is 0 Å². The zero-order chi connectivity index (χ0) is 7.98. The van der Waals surface area contributed by atoms with E-state index in [4.69, 9.17) is 10.2 Å². The predicted molar refractivity (Wildman–Crippen MR) is 45.0 cm³/mol. The Hall–Kier alpha value is 0.140. The highest BCUT2D eigenvalue weighted by Gasteiger charge is 1.93. The van der Waals surface area contributed by atoms with E-state index in [0.717, 1.165) is 11.8 Å². The summed E-state index contributed by atoms with van der Waals surface area (Å²) in [5, 5.41) is 17.8. The Morgan fingerprint density at radius 3 is 2.60 bits per heavy atom. The van der Waals surface area contributed by atoms with Crippen molar-refractivity contribution in [1.29, 1.82) is 0 Å². The van der Waals surface area contributed by atoms with E-state index in [1.165, 1.54) is 5.57 Å². The van der Waals surface area contributed by atoms with Crippen LogP contribution in [0, 0.1) is 0 Å². The van der Waals surface area contributed by atoms with Crippen LogP contribution < -0.4 is 0 Å². The molecule has 0 aromatic carbocycles. The maximum Gasteiger partial charge on any atom is 0.151 e. The number of allylic oxidation sites excluding steroid dienone is 2. The van der Waals surface area contributed by atoms with E-state index in [-0.39, 0.29) is 0 Å². The first-order valence-electron chi connectivity index (χ1n) is 3.24. The van der Waals surface area contributed by atoms with Crippen molar-refractivity contribution in [3.8, 4) is 0 Å². The van der Waals surface area contributed by atoms with Crippen LogP contribution in [0.1, 0.15) is 19.8 Å². The molecule has 3 heteroatoms. The van der Waals surface area contributed by atoms with Gasteiger partial charge in [0.15, 0.2) is 6.29 Å². The molecule has 60 valence electrons. The predicted octanol–water partition coefficient (Wildman–Crippen LogP) is 1.42. The van der Waals surface area contributed by atoms with Crippen LogP contribution in [0.3, 0.4) is 0 Å². The quantitative estimate of drug-likeness (QED) is 0.417. The van der Waals surface area contributed by atoms with Gasteiger partial charge in [-0.1, -0.05) is 27.6 Å². The van der Waals surface area contributed by atoms with Gasteiger partial charge in [-0.2, -0.15) is 0 Å².